The predicted octanol–water partition coefficient (Wildman–Crippen LogP) is 4.04. The highest BCUT2D eigenvalue weighted by molar-refractivity contribution is 5.21. The van der Waals surface area contributed by atoms with Gasteiger partial charge >= 0.3 is 0 Å². The molecule has 0 atom stereocenters. The Labute approximate surface area is 117 Å². The van der Waals surface area contributed by atoms with Crippen LogP contribution in [-0.2, 0) is 17.9 Å². The SMILES string of the molecule is COCc1ccc(CNC2CCCCCCC2)cc1. The summed E-state index contributed by atoms with van der Waals surface area (Å²) in [6, 6.07) is 9.48. The highest BCUT2D eigenvalue weighted by Gasteiger charge is 2.10. The molecule has 2 nitrogen and oxygen atoms in total. The minimum absolute atomic E-state index is 0.705. The maximum Gasteiger partial charge on any atom is 0.0713 e. The van der Waals surface area contributed by atoms with E-state index in [1.54, 1.807) is 7.11 Å². The number of hydrogen-bond donors (Lipinski definition) is 1. The minimum atomic E-state index is 0.705. The van der Waals surface area contributed by atoms with Gasteiger partial charge in [0.1, 0.15) is 0 Å². The summed E-state index contributed by atoms with van der Waals surface area (Å²) in [5.74, 6) is 0. The van der Waals surface area contributed by atoms with E-state index in [2.05, 4.69) is 29.6 Å². The first kappa shape index (κ1) is 14.5. The van der Waals surface area contributed by atoms with Crippen molar-refractivity contribution in [1.82, 2.24) is 5.32 Å². The van der Waals surface area contributed by atoms with Crippen molar-refractivity contribution < 1.29 is 4.74 Å². The van der Waals surface area contributed by atoms with Crippen LogP contribution in [0.1, 0.15) is 56.1 Å². The first-order valence-corrected chi connectivity index (χ1v) is 7.68. The van der Waals surface area contributed by atoms with Crippen LogP contribution < -0.4 is 5.32 Å². The number of ether oxygens (including phenoxy) is 1. The van der Waals surface area contributed by atoms with Crippen molar-refractivity contribution in [3.8, 4) is 0 Å². The van der Waals surface area contributed by atoms with E-state index in [0.29, 0.717) is 6.61 Å². The van der Waals surface area contributed by atoms with E-state index < -0.39 is 0 Å². The molecule has 0 saturated heterocycles. The average Bonchev–Trinajstić information content (AvgIpc) is 2.39. The molecule has 0 spiro atoms. The van der Waals surface area contributed by atoms with E-state index in [4.69, 9.17) is 4.74 Å². The fourth-order valence-electron chi connectivity index (χ4n) is 2.84. The summed E-state index contributed by atoms with van der Waals surface area (Å²) in [5.41, 5.74) is 2.62. The molecule has 1 fully saturated rings. The van der Waals surface area contributed by atoms with Gasteiger partial charge in [0, 0.05) is 19.7 Å². The molecule has 19 heavy (non-hydrogen) atoms. The summed E-state index contributed by atoms with van der Waals surface area (Å²) in [7, 11) is 1.74. The van der Waals surface area contributed by atoms with Crippen molar-refractivity contribution in [3.63, 3.8) is 0 Å². The van der Waals surface area contributed by atoms with Gasteiger partial charge in [-0.05, 0) is 24.0 Å². The Morgan fingerprint density at radius 3 is 2.16 bits per heavy atom. The lowest BCUT2D eigenvalue weighted by atomic mass is 9.96. The molecule has 0 aliphatic heterocycles. The molecule has 1 aromatic rings. The molecule has 1 aromatic carbocycles. The van der Waals surface area contributed by atoms with Crippen molar-refractivity contribution >= 4 is 0 Å². The Balaban J connectivity index is 1.76. The smallest absolute Gasteiger partial charge is 0.0713 e. The summed E-state index contributed by atoms with van der Waals surface area (Å²) in [6.45, 7) is 1.70. The third kappa shape index (κ3) is 5.33. The maximum atomic E-state index is 5.13. The fourth-order valence-corrected chi connectivity index (χ4v) is 2.84. The molecule has 1 aliphatic rings. The average molecular weight is 261 g/mol. The molecule has 2 heteroatoms. The van der Waals surface area contributed by atoms with Gasteiger partial charge in [-0.25, -0.2) is 0 Å². The normalized spacial score (nSPS) is 17.9. The van der Waals surface area contributed by atoms with E-state index in [0.717, 1.165) is 12.6 Å². The Morgan fingerprint density at radius 2 is 1.53 bits per heavy atom. The largest absolute Gasteiger partial charge is 0.380 e. The van der Waals surface area contributed by atoms with E-state index in [1.165, 1.54) is 56.1 Å². The second-order valence-corrected chi connectivity index (χ2v) is 5.67. The second-order valence-electron chi connectivity index (χ2n) is 5.67. The first-order chi connectivity index (χ1) is 9.38. The molecular weight excluding hydrogens is 234 g/mol. The highest BCUT2D eigenvalue weighted by atomic mass is 16.5. The van der Waals surface area contributed by atoms with Gasteiger partial charge in [-0.2, -0.15) is 0 Å². The van der Waals surface area contributed by atoms with Crippen molar-refractivity contribution in [3.05, 3.63) is 35.4 Å². The number of nitrogens with one attached hydrogen (secondary N) is 1. The number of hydrogen-bond acceptors (Lipinski definition) is 2. The monoisotopic (exact) mass is 261 g/mol. The van der Waals surface area contributed by atoms with Crippen molar-refractivity contribution in [2.45, 2.75) is 64.1 Å². The Bertz CT molecular complexity index is 339. The molecule has 0 heterocycles. The van der Waals surface area contributed by atoms with Crippen molar-refractivity contribution in [1.29, 1.82) is 0 Å². The Kier molecular flexibility index (Phi) is 6.38. The zero-order valence-electron chi connectivity index (χ0n) is 12.2. The summed E-state index contributed by atoms with van der Waals surface area (Å²) in [5, 5.41) is 3.73. The summed E-state index contributed by atoms with van der Waals surface area (Å²) < 4.78 is 5.13. The van der Waals surface area contributed by atoms with Crippen LogP contribution in [0.25, 0.3) is 0 Å². The van der Waals surface area contributed by atoms with E-state index >= 15 is 0 Å². The molecule has 1 saturated carbocycles. The zero-order valence-corrected chi connectivity index (χ0v) is 12.2. The third-order valence-electron chi connectivity index (χ3n) is 4.03. The maximum absolute atomic E-state index is 5.13. The topological polar surface area (TPSA) is 21.3 Å². The quantitative estimate of drug-likeness (QED) is 0.864. The molecule has 1 N–H and O–H groups in total. The van der Waals surface area contributed by atoms with Gasteiger partial charge in [0.05, 0.1) is 6.61 Å². The van der Waals surface area contributed by atoms with E-state index in [1.807, 2.05) is 0 Å². The summed E-state index contributed by atoms with van der Waals surface area (Å²) >= 11 is 0. The van der Waals surface area contributed by atoms with E-state index in [9.17, 15) is 0 Å². The molecule has 2 rings (SSSR count). The molecule has 106 valence electrons. The minimum Gasteiger partial charge on any atom is -0.380 e. The predicted molar refractivity (Wildman–Crippen MR) is 80.1 cm³/mol. The fraction of sp³-hybridized carbons (Fsp3) is 0.647. The molecule has 0 radical (unpaired) electrons. The van der Waals surface area contributed by atoms with Crippen LogP contribution in [-0.4, -0.2) is 13.2 Å². The summed E-state index contributed by atoms with van der Waals surface area (Å²) in [6.07, 6.45) is 9.76. The Hall–Kier alpha value is -0.860. The van der Waals surface area contributed by atoms with Crippen LogP contribution in [0, 0.1) is 0 Å². The lowest BCUT2D eigenvalue weighted by molar-refractivity contribution is 0.185. The standard InChI is InChI=1S/C17H27NO/c1-19-14-16-11-9-15(10-12-16)13-18-17-7-5-3-2-4-6-8-17/h9-12,17-18H,2-8,13-14H2,1H3. The number of rotatable bonds is 5. The molecule has 1 aliphatic carbocycles. The van der Waals surface area contributed by atoms with Gasteiger partial charge in [-0.3, -0.25) is 0 Å². The highest BCUT2D eigenvalue weighted by Crippen LogP contribution is 2.17. The van der Waals surface area contributed by atoms with E-state index in [-0.39, 0.29) is 0 Å². The van der Waals surface area contributed by atoms with Crippen molar-refractivity contribution in [2.75, 3.05) is 7.11 Å². The molecule has 0 bridgehead atoms. The van der Waals surface area contributed by atoms with Crippen LogP contribution in [0.5, 0.6) is 0 Å². The van der Waals surface area contributed by atoms with Gasteiger partial charge < -0.3 is 10.1 Å². The lowest BCUT2D eigenvalue weighted by Crippen LogP contribution is -2.29. The van der Waals surface area contributed by atoms with Gasteiger partial charge in [0.25, 0.3) is 0 Å². The lowest BCUT2D eigenvalue weighted by Gasteiger charge is -2.21. The molecule has 0 unspecified atom stereocenters. The summed E-state index contributed by atoms with van der Waals surface area (Å²) in [4.78, 5) is 0. The molecule has 0 amide bonds. The van der Waals surface area contributed by atoms with Crippen molar-refractivity contribution in [2.24, 2.45) is 0 Å². The Morgan fingerprint density at radius 1 is 0.947 bits per heavy atom. The van der Waals surface area contributed by atoms with Gasteiger partial charge in [0.2, 0.25) is 0 Å². The number of methoxy groups -OCH3 is 1. The third-order valence-corrected chi connectivity index (χ3v) is 4.03. The number of benzene rings is 1. The van der Waals surface area contributed by atoms with Crippen LogP contribution in [0.15, 0.2) is 24.3 Å². The molecule has 0 aromatic heterocycles. The second kappa shape index (κ2) is 8.34. The molecular formula is C17H27NO. The van der Waals surface area contributed by atoms with Crippen LogP contribution in [0.2, 0.25) is 0 Å². The zero-order chi connectivity index (χ0) is 13.3. The van der Waals surface area contributed by atoms with Crippen LogP contribution in [0.3, 0.4) is 0 Å². The van der Waals surface area contributed by atoms with Gasteiger partial charge in [-0.1, -0.05) is 56.4 Å². The first-order valence-electron chi connectivity index (χ1n) is 7.68. The van der Waals surface area contributed by atoms with Crippen LogP contribution in [0.4, 0.5) is 0 Å². The van der Waals surface area contributed by atoms with Gasteiger partial charge in [-0.15, -0.1) is 0 Å². The van der Waals surface area contributed by atoms with Gasteiger partial charge in [0.15, 0.2) is 0 Å². The van der Waals surface area contributed by atoms with Crippen LogP contribution >= 0.6 is 0 Å².